The van der Waals surface area contributed by atoms with Gasteiger partial charge in [-0.2, -0.15) is 0 Å². The lowest BCUT2D eigenvalue weighted by atomic mass is 10.1. The van der Waals surface area contributed by atoms with Crippen LogP contribution in [0.25, 0.3) is 10.9 Å². The van der Waals surface area contributed by atoms with E-state index in [2.05, 4.69) is 20.2 Å². The van der Waals surface area contributed by atoms with Gasteiger partial charge in [-0.1, -0.05) is 18.2 Å². The zero-order chi connectivity index (χ0) is 18.8. The second kappa shape index (κ2) is 7.19. The fourth-order valence-corrected chi connectivity index (χ4v) is 3.45. The monoisotopic (exact) mass is 363 g/mol. The maximum atomic E-state index is 12.5. The van der Waals surface area contributed by atoms with Crippen LogP contribution in [0.15, 0.2) is 47.5 Å². The molecule has 1 aliphatic rings. The van der Waals surface area contributed by atoms with Gasteiger partial charge in [-0.15, -0.1) is 0 Å². The highest BCUT2D eigenvalue weighted by Gasteiger charge is 2.16. The molecule has 27 heavy (non-hydrogen) atoms. The van der Waals surface area contributed by atoms with E-state index in [9.17, 15) is 9.59 Å². The maximum absolute atomic E-state index is 12.5. The highest BCUT2D eigenvalue weighted by molar-refractivity contribution is 5.92. The molecule has 0 radical (unpaired) electrons. The van der Waals surface area contributed by atoms with Crippen LogP contribution in [0.3, 0.4) is 0 Å². The second-order valence-corrected chi connectivity index (χ2v) is 6.73. The van der Waals surface area contributed by atoms with Crippen molar-refractivity contribution >= 4 is 22.6 Å². The van der Waals surface area contributed by atoms with Crippen LogP contribution in [0.5, 0.6) is 0 Å². The van der Waals surface area contributed by atoms with Gasteiger partial charge in [0.25, 0.3) is 11.5 Å². The van der Waals surface area contributed by atoms with Crippen LogP contribution in [-0.2, 0) is 13.6 Å². The molecule has 0 saturated carbocycles. The van der Waals surface area contributed by atoms with E-state index in [1.54, 1.807) is 17.8 Å². The Labute approximate surface area is 156 Å². The fourth-order valence-electron chi connectivity index (χ4n) is 3.45. The summed E-state index contributed by atoms with van der Waals surface area (Å²) in [4.78, 5) is 35.7. The number of carbonyl (C=O) groups excluding carboxylic acids is 1. The summed E-state index contributed by atoms with van der Waals surface area (Å²) >= 11 is 0. The Morgan fingerprint density at radius 1 is 1.19 bits per heavy atom. The molecule has 1 aromatic carbocycles. The summed E-state index contributed by atoms with van der Waals surface area (Å²) in [7, 11) is 1.74. The van der Waals surface area contributed by atoms with Crippen molar-refractivity contribution in [2.45, 2.75) is 19.4 Å². The zero-order valence-corrected chi connectivity index (χ0v) is 15.2. The Kier molecular flexibility index (Phi) is 4.58. The molecule has 1 N–H and O–H groups in total. The van der Waals surface area contributed by atoms with Gasteiger partial charge in [-0.3, -0.25) is 14.6 Å². The third-order valence-corrected chi connectivity index (χ3v) is 4.93. The molecule has 1 aliphatic heterocycles. The third kappa shape index (κ3) is 3.40. The van der Waals surface area contributed by atoms with Crippen LogP contribution in [0.4, 0.5) is 5.82 Å². The van der Waals surface area contributed by atoms with Crippen molar-refractivity contribution in [2.24, 2.45) is 7.05 Å². The number of carbonyl (C=O) groups is 1. The third-order valence-electron chi connectivity index (χ3n) is 4.93. The van der Waals surface area contributed by atoms with Gasteiger partial charge < -0.3 is 14.8 Å². The summed E-state index contributed by atoms with van der Waals surface area (Å²) in [6.07, 6.45) is 5.39. The van der Waals surface area contributed by atoms with Gasteiger partial charge >= 0.3 is 0 Å². The van der Waals surface area contributed by atoms with Crippen molar-refractivity contribution in [1.29, 1.82) is 0 Å². The number of benzene rings is 1. The number of para-hydroxylation sites is 1. The summed E-state index contributed by atoms with van der Waals surface area (Å²) in [5, 5.41) is 3.75. The van der Waals surface area contributed by atoms with Crippen LogP contribution in [-0.4, -0.2) is 33.5 Å². The molecule has 2 aromatic heterocycles. The number of aryl methyl sites for hydroxylation is 1. The fraction of sp³-hybridized carbons (Fsp3) is 0.300. The average molecular weight is 363 g/mol. The number of nitrogens with zero attached hydrogens (tertiary/aromatic N) is 4. The lowest BCUT2D eigenvalue weighted by Gasteiger charge is -2.16. The molecule has 1 saturated heterocycles. The normalized spacial score (nSPS) is 13.9. The maximum Gasteiger partial charge on any atom is 0.271 e. The smallest absolute Gasteiger partial charge is 0.271 e. The van der Waals surface area contributed by atoms with Gasteiger partial charge in [0.15, 0.2) is 0 Å². The number of anilines is 1. The molecule has 1 fully saturated rings. The van der Waals surface area contributed by atoms with E-state index in [0.29, 0.717) is 5.56 Å². The summed E-state index contributed by atoms with van der Waals surface area (Å²) in [5.74, 6) is 0.389. The predicted octanol–water partition coefficient (Wildman–Crippen LogP) is 1.86. The van der Waals surface area contributed by atoms with Gasteiger partial charge in [0.05, 0.1) is 17.9 Å². The molecular formula is C20H21N5O2. The molecule has 7 heteroatoms. The van der Waals surface area contributed by atoms with Crippen molar-refractivity contribution in [2.75, 3.05) is 18.0 Å². The Morgan fingerprint density at radius 3 is 2.78 bits per heavy atom. The number of hydrogen-bond donors (Lipinski definition) is 1. The largest absolute Gasteiger partial charge is 0.355 e. The number of aromatic nitrogens is 3. The summed E-state index contributed by atoms with van der Waals surface area (Å²) in [5.41, 5.74) is 1.54. The first kappa shape index (κ1) is 17.2. The van der Waals surface area contributed by atoms with Crippen LogP contribution in [0.1, 0.15) is 28.9 Å². The Bertz CT molecular complexity index is 1050. The molecular weight excluding hydrogens is 342 g/mol. The minimum Gasteiger partial charge on any atom is -0.355 e. The van der Waals surface area contributed by atoms with E-state index in [0.717, 1.165) is 42.7 Å². The minimum absolute atomic E-state index is 0.120. The van der Waals surface area contributed by atoms with Crippen molar-refractivity contribution in [3.63, 3.8) is 0 Å². The molecule has 0 atom stereocenters. The molecule has 3 aromatic rings. The summed E-state index contributed by atoms with van der Waals surface area (Å²) < 4.78 is 1.60. The SMILES string of the molecule is Cn1c(=O)c(CNC(=O)c2cncc(N3CCCC3)n2)cc2ccccc21. The number of amides is 1. The first-order valence-corrected chi connectivity index (χ1v) is 9.06. The van der Waals surface area contributed by atoms with Crippen LogP contribution < -0.4 is 15.8 Å². The highest BCUT2D eigenvalue weighted by atomic mass is 16.2. The van der Waals surface area contributed by atoms with E-state index < -0.39 is 0 Å². The molecule has 0 bridgehead atoms. The molecule has 3 heterocycles. The molecule has 0 aliphatic carbocycles. The predicted molar refractivity (Wildman–Crippen MR) is 104 cm³/mol. The van der Waals surface area contributed by atoms with Gasteiger partial charge in [0.1, 0.15) is 11.5 Å². The summed E-state index contributed by atoms with van der Waals surface area (Å²) in [6, 6.07) is 9.50. The van der Waals surface area contributed by atoms with Gasteiger partial charge in [0.2, 0.25) is 0 Å². The van der Waals surface area contributed by atoms with E-state index >= 15 is 0 Å². The average Bonchev–Trinajstić information content (AvgIpc) is 3.24. The Hall–Kier alpha value is -3.22. The standard InChI is InChI=1S/C20H21N5O2/c1-24-17-7-3-2-6-14(17)10-15(20(24)27)11-22-19(26)16-12-21-13-18(23-16)25-8-4-5-9-25/h2-3,6-7,10,12-13H,4-5,8-9,11H2,1H3,(H,22,26). The van der Waals surface area contributed by atoms with Crippen LogP contribution in [0, 0.1) is 0 Å². The Morgan fingerprint density at radius 2 is 1.96 bits per heavy atom. The van der Waals surface area contributed by atoms with Gasteiger partial charge in [-0.05, 0) is 30.4 Å². The molecule has 4 rings (SSSR count). The number of nitrogens with one attached hydrogen (secondary N) is 1. The summed E-state index contributed by atoms with van der Waals surface area (Å²) in [6.45, 7) is 2.02. The lowest BCUT2D eigenvalue weighted by Crippen LogP contribution is -2.30. The van der Waals surface area contributed by atoms with E-state index in [4.69, 9.17) is 0 Å². The number of fused-ring (bicyclic) bond motifs is 1. The minimum atomic E-state index is -0.334. The molecule has 0 spiro atoms. The quantitative estimate of drug-likeness (QED) is 0.765. The number of pyridine rings is 1. The molecule has 138 valence electrons. The van der Waals surface area contributed by atoms with Crippen LogP contribution in [0.2, 0.25) is 0 Å². The Balaban J connectivity index is 1.53. The second-order valence-electron chi connectivity index (χ2n) is 6.73. The van der Waals surface area contributed by atoms with Crippen molar-refractivity contribution in [3.05, 3.63) is 64.3 Å². The molecule has 1 amide bonds. The van der Waals surface area contributed by atoms with E-state index in [1.807, 2.05) is 30.3 Å². The molecule has 0 unspecified atom stereocenters. The van der Waals surface area contributed by atoms with Crippen molar-refractivity contribution in [3.8, 4) is 0 Å². The van der Waals surface area contributed by atoms with Crippen LogP contribution >= 0.6 is 0 Å². The van der Waals surface area contributed by atoms with Gasteiger partial charge in [-0.25, -0.2) is 4.98 Å². The topological polar surface area (TPSA) is 80.1 Å². The number of hydrogen-bond acceptors (Lipinski definition) is 5. The number of rotatable bonds is 4. The van der Waals surface area contributed by atoms with E-state index in [-0.39, 0.29) is 23.7 Å². The first-order valence-electron chi connectivity index (χ1n) is 9.06. The highest BCUT2D eigenvalue weighted by Crippen LogP contribution is 2.17. The lowest BCUT2D eigenvalue weighted by molar-refractivity contribution is 0.0945. The first-order chi connectivity index (χ1) is 13.1. The van der Waals surface area contributed by atoms with Crippen molar-refractivity contribution in [1.82, 2.24) is 19.9 Å². The van der Waals surface area contributed by atoms with Gasteiger partial charge in [0, 0.05) is 32.2 Å². The van der Waals surface area contributed by atoms with E-state index in [1.165, 1.54) is 6.20 Å². The van der Waals surface area contributed by atoms with Crippen molar-refractivity contribution < 1.29 is 4.79 Å². The molecule has 7 nitrogen and oxygen atoms in total. The zero-order valence-electron chi connectivity index (χ0n) is 15.2.